The van der Waals surface area contributed by atoms with Crippen LogP contribution in [0.3, 0.4) is 0 Å². The Kier molecular flexibility index (Phi) is 3.16. The number of tetrazole rings is 1. The number of hydrogen-bond donors (Lipinski definition) is 1. The SMILES string of the molecule is Cn1nnnc1Sc1ccc(F)cc1CN. The molecule has 2 N–H and O–H groups in total. The molecule has 1 aromatic heterocycles. The Morgan fingerprint density at radius 3 is 2.94 bits per heavy atom. The first-order chi connectivity index (χ1) is 7.70. The maximum Gasteiger partial charge on any atom is 0.213 e. The molecule has 0 aliphatic carbocycles. The third-order valence-corrected chi connectivity index (χ3v) is 3.17. The van der Waals surface area contributed by atoms with Crippen molar-refractivity contribution in [3.05, 3.63) is 29.6 Å². The van der Waals surface area contributed by atoms with Crippen LogP contribution in [-0.2, 0) is 13.6 Å². The Hall–Kier alpha value is -1.47. The van der Waals surface area contributed by atoms with Gasteiger partial charge in [-0.15, -0.1) is 5.10 Å². The molecule has 0 saturated heterocycles. The summed E-state index contributed by atoms with van der Waals surface area (Å²) in [6.45, 7) is 0.283. The largest absolute Gasteiger partial charge is 0.326 e. The average molecular weight is 239 g/mol. The molecule has 0 aliphatic heterocycles. The van der Waals surface area contributed by atoms with Crippen molar-refractivity contribution in [3.8, 4) is 0 Å². The molecule has 84 valence electrons. The average Bonchev–Trinajstić information content (AvgIpc) is 2.67. The fourth-order valence-corrected chi connectivity index (χ4v) is 2.07. The number of benzene rings is 1. The molecule has 0 radical (unpaired) electrons. The normalized spacial score (nSPS) is 10.7. The fraction of sp³-hybridized carbons (Fsp3) is 0.222. The summed E-state index contributed by atoms with van der Waals surface area (Å²) in [5.74, 6) is -0.291. The van der Waals surface area contributed by atoms with Gasteiger partial charge in [0.15, 0.2) is 0 Å². The van der Waals surface area contributed by atoms with Crippen LogP contribution in [0.25, 0.3) is 0 Å². The molecule has 0 fully saturated rings. The lowest BCUT2D eigenvalue weighted by molar-refractivity contribution is 0.623. The molecule has 0 atom stereocenters. The Morgan fingerprint density at radius 2 is 2.31 bits per heavy atom. The van der Waals surface area contributed by atoms with Crippen molar-refractivity contribution in [2.45, 2.75) is 16.6 Å². The second kappa shape index (κ2) is 4.58. The zero-order chi connectivity index (χ0) is 11.5. The molecule has 1 heterocycles. The summed E-state index contributed by atoms with van der Waals surface area (Å²) in [7, 11) is 1.74. The lowest BCUT2D eigenvalue weighted by Crippen LogP contribution is -2.00. The topological polar surface area (TPSA) is 69.6 Å². The monoisotopic (exact) mass is 239 g/mol. The first-order valence-electron chi connectivity index (χ1n) is 4.59. The van der Waals surface area contributed by atoms with Crippen LogP contribution < -0.4 is 5.73 Å². The molecule has 2 aromatic rings. The van der Waals surface area contributed by atoms with Gasteiger partial charge in [-0.1, -0.05) is 0 Å². The van der Waals surface area contributed by atoms with Gasteiger partial charge in [-0.25, -0.2) is 9.07 Å². The van der Waals surface area contributed by atoms with Gasteiger partial charge in [0.25, 0.3) is 0 Å². The summed E-state index contributed by atoms with van der Waals surface area (Å²) >= 11 is 1.36. The molecule has 7 heteroatoms. The molecule has 0 aliphatic rings. The lowest BCUT2D eigenvalue weighted by Gasteiger charge is -2.05. The second-order valence-electron chi connectivity index (χ2n) is 3.14. The molecule has 0 spiro atoms. The Labute approximate surface area is 95.8 Å². The van der Waals surface area contributed by atoms with E-state index in [-0.39, 0.29) is 12.4 Å². The highest BCUT2D eigenvalue weighted by Crippen LogP contribution is 2.28. The van der Waals surface area contributed by atoms with Crippen LogP contribution in [0.5, 0.6) is 0 Å². The van der Waals surface area contributed by atoms with Gasteiger partial charge in [0, 0.05) is 18.5 Å². The summed E-state index contributed by atoms with van der Waals surface area (Å²) in [6.07, 6.45) is 0. The van der Waals surface area contributed by atoms with Gasteiger partial charge in [-0.05, 0) is 46.0 Å². The van der Waals surface area contributed by atoms with Crippen molar-refractivity contribution in [2.24, 2.45) is 12.8 Å². The third-order valence-electron chi connectivity index (χ3n) is 2.02. The predicted octanol–water partition coefficient (Wildman–Crippen LogP) is 0.959. The Morgan fingerprint density at radius 1 is 1.50 bits per heavy atom. The van der Waals surface area contributed by atoms with Crippen LogP contribution in [0.2, 0.25) is 0 Å². The first-order valence-corrected chi connectivity index (χ1v) is 5.41. The van der Waals surface area contributed by atoms with Crippen molar-refractivity contribution < 1.29 is 4.39 Å². The van der Waals surface area contributed by atoms with E-state index in [1.807, 2.05) is 0 Å². The summed E-state index contributed by atoms with van der Waals surface area (Å²) in [6, 6.07) is 4.49. The quantitative estimate of drug-likeness (QED) is 0.864. The van der Waals surface area contributed by atoms with E-state index in [2.05, 4.69) is 15.5 Å². The van der Waals surface area contributed by atoms with Gasteiger partial charge in [0.05, 0.1) is 0 Å². The zero-order valence-electron chi connectivity index (χ0n) is 8.59. The molecule has 16 heavy (non-hydrogen) atoms. The predicted molar refractivity (Wildman–Crippen MR) is 57.2 cm³/mol. The zero-order valence-corrected chi connectivity index (χ0v) is 9.41. The molecular formula is C9H10FN5S. The maximum atomic E-state index is 13.0. The molecule has 0 unspecified atom stereocenters. The minimum atomic E-state index is -0.291. The summed E-state index contributed by atoms with van der Waals surface area (Å²) < 4.78 is 14.5. The van der Waals surface area contributed by atoms with Crippen LogP contribution in [0.1, 0.15) is 5.56 Å². The molecule has 0 saturated carbocycles. The van der Waals surface area contributed by atoms with Crippen molar-refractivity contribution in [3.63, 3.8) is 0 Å². The van der Waals surface area contributed by atoms with Gasteiger partial charge >= 0.3 is 0 Å². The van der Waals surface area contributed by atoms with E-state index in [0.29, 0.717) is 5.16 Å². The maximum absolute atomic E-state index is 13.0. The Bertz CT molecular complexity index is 498. The van der Waals surface area contributed by atoms with Crippen LogP contribution in [0.15, 0.2) is 28.3 Å². The molecular weight excluding hydrogens is 229 g/mol. The Balaban J connectivity index is 2.31. The number of nitrogens with zero attached hydrogens (tertiary/aromatic N) is 4. The van der Waals surface area contributed by atoms with Crippen LogP contribution in [-0.4, -0.2) is 20.2 Å². The van der Waals surface area contributed by atoms with Crippen molar-refractivity contribution in [1.82, 2.24) is 20.2 Å². The number of halogens is 1. The van der Waals surface area contributed by atoms with Gasteiger partial charge in [-0.2, -0.15) is 0 Å². The van der Waals surface area contributed by atoms with Crippen LogP contribution >= 0.6 is 11.8 Å². The highest BCUT2D eigenvalue weighted by molar-refractivity contribution is 7.99. The van der Waals surface area contributed by atoms with E-state index in [4.69, 9.17) is 5.73 Å². The van der Waals surface area contributed by atoms with E-state index in [1.54, 1.807) is 17.8 Å². The molecule has 0 bridgehead atoms. The highest BCUT2D eigenvalue weighted by Gasteiger charge is 2.09. The molecule has 2 rings (SSSR count). The lowest BCUT2D eigenvalue weighted by atomic mass is 10.2. The van der Waals surface area contributed by atoms with Gasteiger partial charge < -0.3 is 5.73 Å². The van der Waals surface area contributed by atoms with Crippen LogP contribution in [0, 0.1) is 5.82 Å². The van der Waals surface area contributed by atoms with Gasteiger partial charge in [0.1, 0.15) is 5.82 Å². The molecule has 5 nitrogen and oxygen atoms in total. The van der Waals surface area contributed by atoms with E-state index in [0.717, 1.165) is 10.5 Å². The van der Waals surface area contributed by atoms with E-state index in [1.165, 1.54) is 23.9 Å². The van der Waals surface area contributed by atoms with Crippen molar-refractivity contribution in [1.29, 1.82) is 0 Å². The van der Waals surface area contributed by atoms with Gasteiger partial charge in [-0.3, -0.25) is 0 Å². The van der Waals surface area contributed by atoms with E-state index >= 15 is 0 Å². The van der Waals surface area contributed by atoms with E-state index < -0.39 is 0 Å². The fourth-order valence-electron chi connectivity index (χ4n) is 1.21. The van der Waals surface area contributed by atoms with Gasteiger partial charge in [0.2, 0.25) is 5.16 Å². The standard InChI is InChI=1S/C9H10FN5S/c1-15-9(12-13-14-15)16-8-3-2-7(10)4-6(8)5-11/h2-4H,5,11H2,1H3. The first kappa shape index (κ1) is 11.0. The highest BCUT2D eigenvalue weighted by atomic mass is 32.2. The number of aromatic nitrogens is 4. The number of aryl methyl sites for hydroxylation is 1. The molecule has 0 amide bonds. The number of hydrogen-bond acceptors (Lipinski definition) is 5. The molecule has 1 aromatic carbocycles. The summed E-state index contributed by atoms with van der Waals surface area (Å²) in [4.78, 5) is 0.863. The van der Waals surface area contributed by atoms with E-state index in [9.17, 15) is 4.39 Å². The summed E-state index contributed by atoms with van der Waals surface area (Å²) in [5.41, 5.74) is 6.29. The van der Waals surface area contributed by atoms with Crippen molar-refractivity contribution in [2.75, 3.05) is 0 Å². The number of rotatable bonds is 3. The van der Waals surface area contributed by atoms with Crippen LogP contribution in [0.4, 0.5) is 4.39 Å². The smallest absolute Gasteiger partial charge is 0.213 e. The number of nitrogens with two attached hydrogens (primary N) is 1. The summed E-state index contributed by atoms with van der Waals surface area (Å²) in [5, 5.41) is 11.7. The van der Waals surface area contributed by atoms with Crippen molar-refractivity contribution >= 4 is 11.8 Å². The minimum absolute atomic E-state index is 0.283. The third kappa shape index (κ3) is 2.20. The minimum Gasteiger partial charge on any atom is -0.326 e. The second-order valence-corrected chi connectivity index (χ2v) is 4.15.